The lowest BCUT2D eigenvalue weighted by Crippen LogP contribution is -2.57. The molecular formula is C103H154N14O11. The fourth-order valence-corrected chi connectivity index (χ4v) is 22.5. The summed E-state index contributed by atoms with van der Waals surface area (Å²) in [5.74, 6) is 1.27. The van der Waals surface area contributed by atoms with E-state index in [2.05, 4.69) is 223 Å². The summed E-state index contributed by atoms with van der Waals surface area (Å²) in [5, 5.41) is 2.88. The zero-order valence-corrected chi connectivity index (χ0v) is 81.8. The molecule has 3 aliphatic carbocycles. The number of hydrogen-bond donors (Lipinski definition) is 1. The molecule has 702 valence electrons. The highest BCUT2D eigenvalue weighted by Crippen LogP contribution is 2.49. The van der Waals surface area contributed by atoms with Crippen molar-refractivity contribution in [2.45, 2.75) is 366 Å². The number of carbonyl (C=O) groups is 10. The SMILES string of the molecule is CC(C)(C)N1CCC(N2C(=O)Cc3ncccc32)CC1.CC(C)(C)N1CCC(N2CC(=O)CC2=O)CC1.CC(C)(C)N1CCC2(CC1)C(=O)Cc1ncccc12.CC(C)(C)N1CCC2(CC1)CC(=O)CC2=O.CC(C)(C)N1CCC2(CC1)CC(=O)Cc1ncccc12.CC(C)(C)N1CCC2(CC1)NC(=O)CC2=O.CC(C)(C)N1CCC2(CC1)OC(=O)Cc1ncccc12. The zero-order chi connectivity index (χ0) is 93.3. The van der Waals surface area contributed by atoms with Crippen molar-refractivity contribution in [3.8, 4) is 0 Å². The average molecular weight is 1760 g/mol. The number of amides is 3. The maximum atomic E-state index is 12.5. The molecule has 5 spiro atoms. The molecule has 15 heterocycles. The van der Waals surface area contributed by atoms with E-state index in [1.54, 1.807) is 23.5 Å². The Morgan fingerprint density at radius 3 is 1.16 bits per heavy atom. The Bertz CT molecular complexity index is 4500. The van der Waals surface area contributed by atoms with Crippen LogP contribution in [-0.2, 0) is 94.8 Å². The molecule has 4 aromatic rings. The zero-order valence-electron chi connectivity index (χ0n) is 81.8. The summed E-state index contributed by atoms with van der Waals surface area (Å²) in [5.41, 5.74) is 8.46. The van der Waals surface area contributed by atoms with Crippen molar-refractivity contribution < 1.29 is 52.7 Å². The first-order valence-corrected chi connectivity index (χ1v) is 48.1. The van der Waals surface area contributed by atoms with E-state index in [0.29, 0.717) is 62.7 Å². The Hall–Kier alpha value is -7.78. The Labute approximate surface area is 764 Å². The number of nitrogens with one attached hydrogen (secondary N) is 1. The molecule has 25 nitrogen and oxygen atoms in total. The van der Waals surface area contributed by atoms with Gasteiger partial charge in [-0.2, -0.15) is 0 Å². The molecule has 10 fully saturated rings. The molecule has 11 aliphatic heterocycles. The van der Waals surface area contributed by atoms with E-state index in [9.17, 15) is 47.9 Å². The molecule has 128 heavy (non-hydrogen) atoms. The van der Waals surface area contributed by atoms with Gasteiger partial charge in [-0.05, 0) is 303 Å². The number of esters is 1. The predicted molar refractivity (Wildman–Crippen MR) is 500 cm³/mol. The van der Waals surface area contributed by atoms with Crippen LogP contribution in [0.2, 0.25) is 0 Å². The summed E-state index contributed by atoms with van der Waals surface area (Å²) in [6.45, 7) is 61.0. The van der Waals surface area contributed by atoms with Crippen LogP contribution in [0.1, 0.15) is 307 Å². The van der Waals surface area contributed by atoms with Gasteiger partial charge in [-0.15, -0.1) is 0 Å². The molecular weight excluding hydrogens is 1610 g/mol. The van der Waals surface area contributed by atoms with Crippen LogP contribution in [0, 0.1) is 5.41 Å². The van der Waals surface area contributed by atoms with Crippen LogP contribution in [0.15, 0.2) is 73.3 Å². The number of rotatable bonds is 2. The number of ketones is 6. The van der Waals surface area contributed by atoms with Crippen molar-refractivity contribution in [2.24, 2.45) is 5.41 Å². The summed E-state index contributed by atoms with van der Waals surface area (Å²) >= 11 is 0. The maximum Gasteiger partial charge on any atom is 0.312 e. The number of carbonyl (C=O) groups excluding carboxylic acids is 10. The molecule has 4 aromatic heterocycles. The van der Waals surface area contributed by atoms with Crippen molar-refractivity contribution in [1.82, 2.24) is 64.5 Å². The first kappa shape index (κ1) is 99.2. The van der Waals surface area contributed by atoms with Gasteiger partial charge in [0.25, 0.3) is 0 Å². The fraction of sp³-hybridized carbons (Fsp3) is 0.709. The number of hydrogen-bond acceptors (Lipinski definition) is 22. The quantitative estimate of drug-likeness (QED) is 0.144. The Balaban J connectivity index is 0.000000136. The second-order valence-electron chi connectivity index (χ2n) is 46.0. The molecule has 0 bridgehead atoms. The molecule has 1 saturated carbocycles. The lowest BCUT2D eigenvalue weighted by atomic mass is 9.65. The van der Waals surface area contributed by atoms with Crippen LogP contribution in [0.5, 0.6) is 0 Å². The van der Waals surface area contributed by atoms with Crippen LogP contribution in [-0.4, -0.2) is 272 Å². The Morgan fingerprint density at radius 2 is 0.719 bits per heavy atom. The average Bonchev–Trinajstić information content (AvgIpc) is 1.56. The van der Waals surface area contributed by atoms with Gasteiger partial charge in [0.15, 0.2) is 11.6 Å². The molecule has 9 saturated heterocycles. The van der Waals surface area contributed by atoms with E-state index in [1.165, 1.54) is 11.1 Å². The van der Waals surface area contributed by atoms with Crippen LogP contribution in [0.4, 0.5) is 5.69 Å². The van der Waals surface area contributed by atoms with Gasteiger partial charge in [0, 0.05) is 183 Å². The number of pyridine rings is 4. The monoisotopic (exact) mass is 1760 g/mol. The molecule has 18 rings (SSSR count). The lowest BCUT2D eigenvalue weighted by Gasteiger charge is -2.48. The molecule has 1 N–H and O–H groups in total. The minimum Gasteiger partial charge on any atom is -0.454 e. The van der Waals surface area contributed by atoms with Crippen molar-refractivity contribution in [2.75, 3.05) is 103 Å². The van der Waals surface area contributed by atoms with Gasteiger partial charge < -0.3 is 19.9 Å². The standard InChI is InChI=1S/C17H24N2O.C16H23N3O.C16H22N2O2.C16H22N2O.C13H22N2O2.C13H21NO2.C12H20N2O2/c1-16(2,3)19-9-6-17(7-10-19)12-13(20)11-15-14(17)5-4-8-18-15;1-16(2,3)18-9-6-12(7-10-18)19-14-5-4-8-17-13(14)11-15(19)20;1-15(2,3)18-9-6-16(7-10-18)12-5-4-8-17-13(12)11-14(19)20-16;1-15(2,3)18-9-6-16(7-10-18)12-5-4-8-17-13(12)11-14(16)19;1-13(2,3)14-6-4-10(5-7-14)15-9-11(16)8-12(15)17;1-12(2,3)14-6-4-13(5-7-14)9-10(15)8-11(13)16;1-11(2,3)14-6-4-12(5-7-14)9(15)8-10(16)13-12/h4-5,8H,6-7,9-12H2,1-3H3;4-5,8,12H,6-7,9-11H2,1-3H3;4-5,8H,6-7,9-11H2,1-3H3;4-5,8H,6-7,9-11H2,1-3H3;10H,4-9H2,1-3H3;4-9H2,1-3H3;4-8H2,1-3H3,(H,13,16). The van der Waals surface area contributed by atoms with Gasteiger partial charge in [-0.3, -0.25) is 102 Å². The highest BCUT2D eigenvalue weighted by molar-refractivity contribution is 6.11. The molecule has 0 atom stereocenters. The van der Waals surface area contributed by atoms with E-state index >= 15 is 0 Å². The van der Waals surface area contributed by atoms with Crippen LogP contribution in [0.25, 0.3) is 0 Å². The topological polar surface area (TPSA) is 273 Å². The van der Waals surface area contributed by atoms with E-state index < -0.39 is 11.1 Å². The molecule has 3 amide bonds. The molecule has 0 radical (unpaired) electrons. The van der Waals surface area contributed by atoms with E-state index in [1.807, 2.05) is 41.4 Å². The molecule has 14 aliphatic rings. The van der Waals surface area contributed by atoms with Crippen molar-refractivity contribution in [1.29, 1.82) is 0 Å². The number of Topliss-reactive ketones (excluding diaryl/α,β-unsaturated/α-hetero) is 6. The van der Waals surface area contributed by atoms with Gasteiger partial charge in [0.2, 0.25) is 17.7 Å². The minimum absolute atomic E-state index is 0.0317. The van der Waals surface area contributed by atoms with Crippen molar-refractivity contribution in [3.05, 3.63) is 113 Å². The number of fused-ring (bicyclic) bond motifs is 7. The number of anilines is 1. The molecule has 25 heteroatoms. The molecule has 0 unspecified atom stereocenters. The smallest absolute Gasteiger partial charge is 0.312 e. The van der Waals surface area contributed by atoms with Crippen LogP contribution >= 0.6 is 0 Å². The van der Waals surface area contributed by atoms with E-state index in [-0.39, 0.29) is 127 Å². The summed E-state index contributed by atoms with van der Waals surface area (Å²) in [7, 11) is 0. The van der Waals surface area contributed by atoms with Crippen molar-refractivity contribution >= 4 is 64.1 Å². The Kier molecular flexibility index (Phi) is 30.1. The summed E-state index contributed by atoms with van der Waals surface area (Å²) < 4.78 is 5.80. The third-order valence-corrected chi connectivity index (χ3v) is 30.7. The number of piperidine rings is 7. The largest absolute Gasteiger partial charge is 0.454 e. The second-order valence-corrected chi connectivity index (χ2v) is 46.0. The lowest BCUT2D eigenvalue weighted by molar-refractivity contribution is -0.171. The number of nitrogens with zero attached hydrogens (tertiary/aromatic N) is 13. The number of likely N-dealkylation sites (tertiary alicyclic amines) is 8. The number of aromatic nitrogens is 4. The normalized spacial score (nSPS) is 23.7. The van der Waals surface area contributed by atoms with E-state index in [4.69, 9.17) is 4.74 Å². The summed E-state index contributed by atoms with van der Waals surface area (Å²) in [6.07, 6.45) is 23.7. The first-order chi connectivity index (χ1) is 59.8. The van der Waals surface area contributed by atoms with Gasteiger partial charge in [-0.25, -0.2) is 0 Å². The first-order valence-electron chi connectivity index (χ1n) is 48.1. The van der Waals surface area contributed by atoms with Gasteiger partial charge >= 0.3 is 5.97 Å². The third-order valence-electron chi connectivity index (χ3n) is 30.7. The summed E-state index contributed by atoms with van der Waals surface area (Å²) in [4.78, 5) is 157. The molecule has 0 aromatic carbocycles. The highest BCUT2D eigenvalue weighted by atomic mass is 16.6. The van der Waals surface area contributed by atoms with Crippen LogP contribution in [0.3, 0.4) is 0 Å². The van der Waals surface area contributed by atoms with Gasteiger partial charge in [-0.1, -0.05) is 18.2 Å². The van der Waals surface area contributed by atoms with Crippen LogP contribution < -0.4 is 10.2 Å². The Morgan fingerprint density at radius 1 is 0.336 bits per heavy atom. The number of ether oxygens (including phenoxy) is 1. The third kappa shape index (κ3) is 22.9. The fourth-order valence-electron chi connectivity index (χ4n) is 22.5. The predicted octanol–water partition coefficient (Wildman–Crippen LogP) is 13.1. The van der Waals surface area contributed by atoms with Gasteiger partial charge in [0.05, 0.1) is 72.5 Å². The second kappa shape index (κ2) is 38.8. The highest BCUT2D eigenvalue weighted by Gasteiger charge is 2.54. The summed E-state index contributed by atoms with van der Waals surface area (Å²) in [6, 6.07) is 16.9. The van der Waals surface area contributed by atoms with E-state index in [0.717, 1.165) is 216 Å². The van der Waals surface area contributed by atoms with Gasteiger partial charge in [0.1, 0.15) is 34.3 Å². The van der Waals surface area contributed by atoms with Crippen molar-refractivity contribution in [3.63, 3.8) is 0 Å². The maximum absolute atomic E-state index is 12.5. The minimum atomic E-state index is -0.529.